The van der Waals surface area contributed by atoms with Crippen molar-refractivity contribution in [1.29, 1.82) is 0 Å². The highest BCUT2D eigenvalue weighted by Crippen LogP contribution is 2.43. The predicted molar refractivity (Wildman–Crippen MR) is 127 cm³/mol. The Kier molecular flexibility index (Phi) is 7.60. The summed E-state index contributed by atoms with van der Waals surface area (Å²) in [6.45, 7) is 2.12. The number of hydrogen-bond donors (Lipinski definition) is 1. The Balaban J connectivity index is 1.64. The minimum absolute atomic E-state index is 0.0567. The first kappa shape index (κ1) is 25.0. The van der Waals surface area contributed by atoms with Crippen molar-refractivity contribution in [2.75, 3.05) is 13.2 Å². The van der Waals surface area contributed by atoms with Gasteiger partial charge in [-0.3, -0.25) is 4.68 Å². The van der Waals surface area contributed by atoms with Gasteiger partial charge in [0.1, 0.15) is 12.3 Å². The number of halogens is 3. The molecular formula is C27H29F3N2O3. The van der Waals surface area contributed by atoms with Crippen molar-refractivity contribution in [1.82, 2.24) is 9.78 Å². The van der Waals surface area contributed by atoms with E-state index in [1.165, 1.54) is 0 Å². The molecule has 0 amide bonds. The number of aryl methyl sites for hydroxylation is 1. The van der Waals surface area contributed by atoms with Gasteiger partial charge in [0.05, 0.1) is 6.61 Å². The molecule has 1 aliphatic carbocycles. The van der Waals surface area contributed by atoms with Crippen LogP contribution in [0.4, 0.5) is 13.2 Å². The van der Waals surface area contributed by atoms with E-state index in [2.05, 4.69) is 5.10 Å². The molecule has 0 unspecified atom stereocenters. The van der Waals surface area contributed by atoms with E-state index in [9.17, 15) is 18.0 Å². The summed E-state index contributed by atoms with van der Waals surface area (Å²) in [6.07, 6.45) is -1.48. The maximum Gasteiger partial charge on any atom is 0.433 e. The van der Waals surface area contributed by atoms with Crippen LogP contribution in [0.5, 0.6) is 0 Å². The summed E-state index contributed by atoms with van der Waals surface area (Å²) in [5, 5.41) is 13.3. The third-order valence-electron chi connectivity index (χ3n) is 6.58. The minimum Gasteiger partial charge on any atom is -0.480 e. The van der Waals surface area contributed by atoms with E-state index >= 15 is 0 Å². The number of nitrogens with zero attached hydrogens (tertiary/aromatic N) is 2. The molecule has 0 saturated heterocycles. The fourth-order valence-corrected chi connectivity index (χ4v) is 4.81. The van der Waals surface area contributed by atoms with Crippen LogP contribution in [-0.4, -0.2) is 34.1 Å². The molecule has 0 spiro atoms. The van der Waals surface area contributed by atoms with Crippen molar-refractivity contribution in [2.24, 2.45) is 11.8 Å². The van der Waals surface area contributed by atoms with Crippen molar-refractivity contribution in [3.63, 3.8) is 0 Å². The summed E-state index contributed by atoms with van der Waals surface area (Å²) in [7, 11) is 0. The third kappa shape index (κ3) is 6.11. The van der Waals surface area contributed by atoms with Crippen molar-refractivity contribution in [3.8, 4) is 22.4 Å². The molecule has 1 N–H and O–H groups in total. The number of aromatic nitrogens is 2. The number of alkyl halides is 3. The predicted octanol–water partition coefficient (Wildman–Crippen LogP) is 6.45. The molecule has 1 aliphatic rings. The van der Waals surface area contributed by atoms with Gasteiger partial charge in [0, 0.05) is 17.7 Å². The highest BCUT2D eigenvalue weighted by Gasteiger charge is 2.41. The van der Waals surface area contributed by atoms with Crippen LogP contribution in [0.1, 0.15) is 36.9 Å². The van der Waals surface area contributed by atoms with Crippen LogP contribution < -0.4 is 0 Å². The number of carbonyl (C=O) groups is 1. The van der Waals surface area contributed by atoms with Crippen LogP contribution in [-0.2, 0) is 22.3 Å². The number of ether oxygens (including phenoxy) is 1. The second kappa shape index (κ2) is 10.6. The first-order valence-electron chi connectivity index (χ1n) is 11.8. The maximum atomic E-state index is 14.5. The van der Waals surface area contributed by atoms with Crippen molar-refractivity contribution >= 4 is 5.97 Å². The van der Waals surface area contributed by atoms with Gasteiger partial charge in [-0.05, 0) is 50.0 Å². The van der Waals surface area contributed by atoms with Gasteiger partial charge in [-0.1, -0.05) is 60.2 Å². The molecule has 1 heterocycles. The van der Waals surface area contributed by atoms with Crippen molar-refractivity contribution in [2.45, 2.75) is 45.3 Å². The smallest absolute Gasteiger partial charge is 0.433 e. The summed E-state index contributed by atoms with van der Waals surface area (Å²) in [5.74, 6) is -0.717. The highest BCUT2D eigenvalue weighted by atomic mass is 19.4. The van der Waals surface area contributed by atoms with Gasteiger partial charge >= 0.3 is 12.1 Å². The fraction of sp³-hybridized carbons (Fsp3) is 0.407. The van der Waals surface area contributed by atoms with Gasteiger partial charge < -0.3 is 9.84 Å². The van der Waals surface area contributed by atoms with E-state index in [0.29, 0.717) is 23.4 Å². The molecule has 0 radical (unpaired) electrons. The quantitative estimate of drug-likeness (QED) is 0.397. The fourth-order valence-electron chi connectivity index (χ4n) is 4.81. The Morgan fingerprint density at radius 3 is 2.23 bits per heavy atom. The standard InChI is InChI=1S/C27H29F3N2O3/c1-18-7-13-21(14-8-18)24-25(22-5-3-2-4-6-22)31-32(26(24)27(28,29)30)15-19-9-11-20(12-10-19)16-35-17-23(33)34/h2-8,13-14,19-20H,9-12,15-17H2,1H3,(H,33,34). The number of hydrogen-bond acceptors (Lipinski definition) is 3. The second-order valence-electron chi connectivity index (χ2n) is 9.28. The van der Waals surface area contributed by atoms with Crippen LogP contribution in [0.15, 0.2) is 54.6 Å². The molecule has 35 heavy (non-hydrogen) atoms. The van der Waals surface area contributed by atoms with E-state index in [-0.39, 0.29) is 30.6 Å². The zero-order chi connectivity index (χ0) is 25.0. The average Bonchev–Trinajstić information content (AvgIpc) is 3.21. The van der Waals surface area contributed by atoms with Crippen LogP contribution in [0.3, 0.4) is 0 Å². The summed E-state index contributed by atoms with van der Waals surface area (Å²) in [6, 6.07) is 16.1. The third-order valence-corrected chi connectivity index (χ3v) is 6.58. The number of benzene rings is 2. The van der Waals surface area contributed by atoms with Crippen molar-refractivity contribution < 1.29 is 27.8 Å². The molecule has 8 heteroatoms. The van der Waals surface area contributed by atoms with Crippen LogP contribution >= 0.6 is 0 Å². The molecule has 5 nitrogen and oxygen atoms in total. The lowest BCUT2D eigenvalue weighted by Gasteiger charge is -2.28. The Bertz CT molecular complexity index is 1130. The zero-order valence-electron chi connectivity index (χ0n) is 19.6. The van der Waals surface area contributed by atoms with Crippen LogP contribution in [0.25, 0.3) is 22.4 Å². The first-order chi connectivity index (χ1) is 16.7. The number of rotatable bonds is 8. The van der Waals surface area contributed by atoms with Gasteiger partial charge in [-0.2, -0.15) is 18.3 Å². The molecular weight excluding hydrogens is 457 g/mol. The summed E-state index contributed by atoms with van der Waals surface area (Å²) < 4.78 is 49.9. The van der Waals surface area contributed by atoms with E-state index in [0.717, 1.165) is 35.9 Å². The number of aliphatic carboxylic acids is 1. The normalized spacial score (nSPS) is 18.5. The van der Waals surface area contributed by atoms with Crippen LogP contribution in [0.2, 0.25) is 0 Å². The van der Waals surface area contributed by atoms with Crippen LogP contribution in [0, 0.1) is 18.8 Å². The van der Waals surface area contributed by atoms with E-state index in [4.69, 9.17) is 9.84 Å². The lowest BCUT2D eigenvalue weighted by Crippen LogP contribution is -2.25. The van der Waals surface area contributed by atoms with Gasteiger partial charge in [-0.15, -0.1) is 0 Å². The zero-order valence-corrected chi connectivity index (χ0v) is 19.6. The highest BCUT2D eigenvalue weighted by molar-refractivity contribution is 5.83. The van der Waals surface area contributed by atoms with Crippen molar-refractivity contribution in [3.05, 3.63) is 65.9 Å². The van der Waals surface area contributed by atoms with Gasteiger partial charge in [0.25, 0.3) is 0 Å². The summed E-state index contributed by atoms with van der Waals surface area (Å²) >= 11 is 0. The summed E-state index contributed by atoms with van der Waals surface area (Å²) in [5.41, 5.74) is 1.84. The second-order valence-corrected chi connectivity index (χ2v) is 9.28. The Morgan fingerprint density at radius 1 is 1.00 bits per heavy atom. The van der Waals surface area contributed by atoms with Gasteiger partial charge in [0.15, 0.2) is 5.69 Å². The molecule has 0 atom stereocenters. The molecule has 3 aromatic rings. The van der Waals surface area contributed by atoms with E-state index in [1.54, 1.807) is 36.4 Å². The van der Waals surface area contributed by atoms with Gasteiger partial charge in [0.2, 0.25) is 0 Å². The number of carboxylic acids is 1. The largest absolute Gasteiger partial charge is 0.480 e. The monoisotopic (exact) mass is 486 g/mol. The first-order valence-corrected chi connectivity index (χ1v) is 11.8. The minimum atomic E-state index is -4.57. The van der Waals surface area contributed by atoms with E-state index in [1.807, 2.05) is 25.1 Å². The molecule has 0 bridgehead atoms. The SMILES string of the molecule is Cc1ccc(-c2c(-c3ccccc3)nn(CC3CCC(COCC(=O)O)CC3)c2C(F)(F)F)cc1. The Hall–Kier alpha value is -3.13. The van der Waals surface area contributed by atoms with E-state index < -0.39 is 17.8 Å². The van der Waals surface area contributed by atoms with Gasteiger partial charge in [-0.25, -0.2) is 4.79 Å². The Morgan fingerprint density at radius 2 is 1.63 bits per heavy atom. The topological polar surface area (TPSA) is 64.4 Å². The Labute approximate surface area is 202 Å². The summed E-state index contributed by atoms with van der Waals surface area (Å²) in [4.78, 5) is 10.6. The maximum absolute atomic E-state index is 14.5. The number of carboxylic acid groups (broad SMARTS) is 1. The molecule has 1 fully saturated rings. The lowest BCUT2D eigenvalue weighted by atomic mass is 9.82. The molecule has 186 valence electrons. The average molecular weight is 487 g/mol. The molecule has 4 rings (SSSR count). The lowest BCUT2D eigenvalue weighted by molar-refractivity contribution is -0.144. The molecule has 2 aromatic carbocycles. The molecule has 1 saturated carbocycles. The molecule has 1 aromatic heterocycles. The molecule has 0 aliphatic heterocycles.